The summed E-state index contributed by atoms with van der Waals surface area (Å²) in [6.45, 7) is 1.01. The van der Waals surface area contributed by atoms with Crippen LogP contribution in [0.2, 0.25) is 0 Å². The molecule has 0 aliphatic heterocycles. The summed E-state index contributed by atoms with van der Waals surface area (Å²) in [5, 5.41) is 9.26. The van der Waals surface area contributed by atoms with E-state index in [2.05, 4.69) is 40.6 Å². The first-order valence-corrected chi connectivity index (χ1v) is 6.58. The summed E-state index contributed by atoms with van der Waals surface area (Å²) in [5.74, 6) is 0.633. The van der Waals surface area contributed by atoms with Gasteiger partial charge in [-0.05, 0) is 59.5 Å². The standard InChI is InChI=1S/C12H17IN2O/c1-15(7-8-4-10(16)5-8)12-3-2-9(14)6-11(12)13/h2-3,6,8,10,16H,4-5,7,14H2,1H3. The van der Waals surface area contributed by atoms with Crippen LogP contribution < -0.4 is 10.6 Å². The maximum absolute atomic E-state index is 9.26. The fraction of sp³-hybridized carbons (Fsp3) is 0.500. The average Bonchev–Trinajstić information content (AvgIpc) is 2.15. The molecule has 1 aromatic rings. The lowest BCUT2D eigenvalue weighted by atomic mass is 9.82. The number of rotatable bonds is 3. The zero-order chi connectivity index (χ0) is 11.7. The number of hydrogen-bond donors (Lipinski definition) is 2. The molecule has 0 amide bonds. The van der Waals surface area contributed by atoms with Gasteiger partial charge in [0, 0.05) is 22.8 Å². The van der Waals surface area contributed by atoms with Crippen LogP contribution in [0.25, 0.3) is 0 Å². The molecule has 2 rings (SSSR count). The number of anilines is 2. The molecule has 0 spiro atoms. The first-order chi connectivity index (χ1) is 7.56. The number of nitrogens with zero attached hydrogens (tertiary/aromatic N) is 1. The summed E-state index contributed by atoms with van der Waals surface area (Å²) in [5.41, 5.74) is 7.75. The molecule has 0 aromatic heterocycles. The molecule has 16 heavy (non-hydrogen) atoms. The Morgan fingerprint density at radius 1 is 1.50 bits per heavy atom. The highest BCUT2D eigenvalue weighted by atomic mass is 127. The van der Waals surface area contributed by atoms with E-state index in [1.807, 2.05) is 12.1 Å². The van der Waals surface area contributed by atoms with Crippen LogP contribution in [0, 0.1) is 9.49 Å². The van der Waals surface area contributed by atoms with Gasteiger partial charge in [0.05, 0.1) is 11.8 Å². The predicted molar refractivity (Wildman–Crippen MR) is 75.6 cm³/mol. The number of aliphatic hydroxyl groups is 1. The van der Waals surface area contributed by atoms with Gasteiger partial charge < -0.3 is 15.7 Å². The second-order valence-corrected chi connectivity index (χ2v) is 5.74. The monoisotopic (exact) mass is 332 g/mol. The van der Waals surface area contributed by atoms with Gasteiger partial charge in [0.25, 0.3) is 0 Å². The molecule has 4 heteroatoms. The summed E-state index contributed by atoms with van der Waals surface area (Å²) < 4.78 is 1.18. The van der Waals surface area contributed by atoms with Gasteiger partial charge >= 0.3 is 0 Å². The van der Waals surface area contributed by atoms with E-state index in [0.717, 1.165) is 25.1 Å². The number of nitrogens with two attached hydrogens (primary N) is 1. The molecule has 1 aliphatic carbocycles. The highest BCUT2D eigenvalue weighted by molar-refractivity contribution is 14.1. The minimum Gasteiger partial charge on any atom is -0.399 e. The molecule has 0 unspecified atom stereocenters. The van der Waals surface area contributed by atoms with E-state index in [-0.39, 0.29) is 6.10 Å². The van der Waals surface area contributed by atoms with Crippen molar-refractivity contribution in [1.82, 2.24) is 0 Å². The zero-order valence-electron chi connectivity index (χ0n) is 9.36. The average molecular weight is 332 g/mol. The lowest BCUT2D eigenvalue weighted by Gasteiger charge is -2.35. The quantitative estimate of drug-likeness (QED) is 0.658. The molecule has 1 saturated carbocycles. The first kappa shape index (κ1) is 12.0. The van der Waals surface area contributed by atoms with Crippen molar-refractivity contribution < 1.29 is 5.11 Å². The number of hydrogen-bond acceptors (Lipinski definition) is 3. The fourth-order valence-corrected chi connectivity index (χ4v) is 3.12. The van der Waals surface area contributed by atoms with E-state index in [1.54, 1.807) is 0 Å². The van der Waals surface area contributed by atoms with Crippen molar-refractivity contribution >= 4 is 34.0 Å². The maximum atomic E-state index is 9.26. The second kappa shape index (κ2) is 4.79. The zero-order valence-corrected chi connectivity index (χ0v) is 11.5. The minimum absolute atomic E-state index is 0.0658. The molecule has 88 valence electrons. The Hall–Kier alpha value is -0.490. The Morgan fingerprint density at radius 3 is 2.75 bits per heavy atom. The van der Waals surface area contributed by atoms with Gasteiger partial charge in [0.1, 0.15) is 0 Å². The Labute approximate surface area is 110 Å². The topological polar surface area (TPSA) is 49.5 Å². The van der Waals surface area contributed by atoms with Crippen LogP contribution in [-0.4, -0.2) is 24.8 Å². The summed E-state index contributed by atoms with van der Waals surface area (Å²) in [6, 6.07) is 5.98. The van der Waals surface area contributed by atoms with Crippen LogP contribution in [0.3, 0.4) is 0 Å². The lowest BCUT2D eigenvalue weighted by Crippen LogP contribution is -2.37. The van der Waals surface area contributed by atoms with E-state index < -0.39 is 0 Å². The third-order valence-electron chi connectivity index (χ3n) is 3.13. The molecule has 0 heterocycles. The third kappa shape index (κ3) is 2.60. The molecular weight excluding hydrogens is 315 g/mol. The Kier molecular flexibility index (Phi) is 3.59. The van der Waals surface area contributed by atoms with Gasteiger partial charge in [0.2, 0.25) is 0 Å². The summed E-state index contributed by atoms with van der Waals surface area (Å²) in [4.78, 5) is 2.25. The molecule has 0 atom stereocenters. The molecular formula is C12H17IN2O. The van der Waals surface area contributed by atoms with Gasteiger partial charge in [-0.1, -0.05) is 0 Å². The molecule has 0 saturated heterocycles. The van der Waals surface area contributed by atoms with Crippen molar-refractivity contribution in [3.05, 3.63) is 21.8 Å². The van der Waals surface area contributed by atoms with Crippen LogP contribution in [0.5, 0.6) is 0 Å². The van der Waals surface area contributed by atoms with Gasteiger partial charge in [-0.15, -0.1) is 0 Å². The van der Waals surface area contributed by atoms with Crippen LogP contribution in [0.4, 0.5) is 11.4 Å². The Morgan fingerprint density at radius 2 is 2.19 bits per heavy atom. The van der Waals surface area contributed by atoms with Gasteiger partial charge in [-0.3, -0.25) is 0 Å². The Balaban J connectivity index is 2.00. The van der Waals surface area contributed by atoms with E-state index >= 15 is 0 Å². The highest BCUT2D eigenvalue weighted by Crippen LogP contribution is 2.30. The SMILES string of the molecule is CN(CC1CC(O)C1)c1ccc(N)cc1I. The normalized spacial score (nSPS) is 23.9. The fourth-order valence-electron chi connectivity index (χ4n) is 2.17. The smallest absolute Gasteiger partial charge is 0.0546 e. The van der Waals surface area contributed by atoms with Crippen molar-refractivity contribution in [3.63, 3.8) is 0 Å². The summed E-state index contributed by atoms with van der Waals surface area (Å²) in [6.07, 6.45) is 1.81. The van der Waals surface area contributed by atoms with Gasteiger partial charge in [0.15, 0.2) is 0 Å². The van der Waals surface area contributed by atoms with E-state index in [4.69, 9.17) is 5.73 Å². The van der Waals surface area contributed by atoms with Gasteiger partial charge in [-0.25, -0.2) is 0 Å². The largest absolute Gasteiger partial charge is 0.399 e. The van der Waals surface area contributed by atoms with Crippen LogP contribution in [-0.2, 0) is 0 Å². The number of halogens is 1. The lowest BCUT2D eigenvalue weighted by molar-refractivity contribution is 0.0464. The van der Waals surface area contributed by atoms with Crippen LogP contribution >= 0.6 is 22.6 Å². The Bertz CT molecular complexity index is 377. The second-order valence-electron chi connectivity index (χ2n) is 4.58. The molecule has 3 nitrogen and oxygen atoms in total. The number of aliphatic hydroxyl groups excluding tert-OH is 1. The molecule has 3 N–H and O–H groups in total. The molecule has 1 aromatic carbocycles. The van der Waals surface area contributed by atoms with E-state index in [9.17, 15) is 5.11 Å². The summed E-state index contributed by atoms with van der Waals surface area (Å²) in [7, 11) is 2.10. The van der Waals surface area contributed by atoms with Crippen molar-refractivity contribution in [2.75, 3.05) is 24.2 Å². The summed E-state index contributed by atoms with van der Waals surface area (Å²) >= 11 is 2.31. The highest BCUT2D eigenvalue weighted by Gasteiger charge is 2.28. The number of nitrogen functional groups attached to an aromatic ring is 1. The minimum atomic E-state index is -0.0658. The van der Waals surface area contributed by atoms with Crippen molar-refractivity contribution in [2.45, 2.75) is 18.9 Å². The van der Waals surface area contributed by atoms with Crippen LogP contribution in [0.1, 0.15) is 12.8 Å². The van der Waals surface area contributed by atoms with E-state index in [0.29, 0.717) is 5.92 Å². The number of benzene rings is 1. The molecule has 0 radical (unpaired) electrons. The van der Waals surface area contributed by atoms with Crippen molar-refractivity contribution in [3.8, 4) is 0 Å². The molecule has 1 fully saturated rings. The third-order valence-corrected chi connectivity index (χ3v) is 3.99. The van der Waals surface area contributed by atoms with Crippen molar-refractivity contribution in [1.29, 1.82) is 0 Å². The van der Waals surface area contributed by atoms with Gasteiger partial charge in [-0.2, -0.15) is 0 Å². The van der Waals surface area contributed by atoms with Crippen molar-refractivity contribution in [2.24, 2.45) is 5.92 Å². The first-order valence-electron chi connectivity index (χ1n) is 5.50. The maximum Gasteiger partial charge on any atom is 0.0546 e. The van der Waals surface area contributed by atoms with E-state index in [1.165, 1.54) is 9.26 Å². The van der Waals surface area contributed by atoms with Crippen LogP contribution in [0.15, 0.2) is 18.2 Å². The predicted octanol–water partition coefficient (Wildman–Crippen LogP) is 2.08. The molecule has 1 aliphatic rings. The molecule has 0 bridgehead atoms.